The maximum Gasteiger partial charge on any atom is 0.319 e. The summed E-state index contributed by atoms with van der Waals surface area (Å²) in [5.41, 5.74) is 1.11. The lowest BCUT2D eigenvalue weighted by Gasteiger charge is -2.26. The summed E-state index contributed by atoms with van der Waals surface area (Å²) < 4.78 is 10.3. The predicted octanol–water partition coefficient (Wildman–Crippen LogP) is 1.61. The van der Waals surface area contributed by atoms with E-state index in [1.807, 2.05) is 0 Å². The predicted molar refractivity (Wildman–Crippen MR) is 93.9 cm³/mol. The van der Waals surface area contributed by atoms with Crippen LogP contribution in [-0.2, 0) is 4.74 Å². The SMILES string of the molecule is O=C(NC[C@H](O)c1ccco1)Nc1ccc(C(=O)N2CCOCC2)cc1. The molecule has 3 N–H and O–H groups in total. The minimum Gasteiger partial charge on any atom is -0.467 e. The highest BCUT2D eigenvalue weighted by atomic mass is 16.5. The highest BCUT2D eigenvalue weighted by Gasteiger charge is 2.18. The van der Waals surface area contributed by atoms with Crippen LogP contribution in [0.2, 0.25) is 0 Å². The van der Waals surface area contributed by atoms with E-state index in [2.05, 4.69) is 10.6 Å². The summed E-state index contributed by atoms with van der Waals surface area (Å²) in [7, 11) is 0. The fraction of sp³-hybridized carbons (Fsp3) is 0.333. The second kappa shape index (κ2) is 8.50. The number of benzene rings is 1. The van der Waals surface area contributed by atoms with Gasteiger partial charge in [-0.1, -0.05) is 0 Å². The summed E-state index contributed by atoms with van der Waals surface area (Å²) in [6, 6.07) is 9.51. The fourth-order valence-electron chi connectivity index (χ4n) is 2.59. The number of hydrogen-bond acceptors (Lipinski definition) is 5. The van der Waals surface area contributed by atoms with Crippen LogP contribution < -0.4 is 10.6 Å². The van der Waals surface area contributed by atoms with Gasteiger partial charge in [-0.3, -0.25) is 4.79 Å². The molecule has 1 saturated heterocycles. The van der Waals surface area contributed by atoms with Crippen LogP contribution in [-0.4, -0.2) is 54.8 Å². The average molecular weight is 359 g/mol. The molecular weight excluding hydrogens is 338 g/mol. The zero-order chi connectivity index (χ0) is 18.4. The van der Waals surface area contributed by atoms with E-state index in [0.29, 0.717) is 43.3 Å². The number of carbonyl (C=O) groups excluding carboxylic acids is 2. The Hall–Kier alpha value is -2.84. The first-order valence-electron chi connectivity index (χ1n) is 8.37. The lowest BCUT2D eigenvalue weighted by atomic mass is 10.1. The van der Waals surface area contributed by atoms with E-state index in [9.17, 15) is 14.7 Å². The van der Waals surface area contributed by atoms with E-state index < -0.39 is 12.1 Å². The summed E-state index contributed by atoms with van der Waals surface area (Å²) in [5.74, 6) is 0.335. The standard InChI is InChI=1S/C18H21N3O5/c22-15(16-2-1-9-26-16)12-19-18(24)20-14-5-3-13(4-6-14)17(23)21-7-10-25-11-8-21/h1-6,9,15,22H,7-8,10-12H2,(H2,19,20,24)/t15-/m0/s1. The number of nitrogens with zero attached hydrogens (tertiary/aromatic N) is 1. The second-order valence-corrected chi connectivity index (χ2v) is 5.85. The number of rotatable bonds is 5. The molecule has 138 valence electrons. The van der Waals surface area contributed by atoms with Crippen LogP contribution in [0.25, 0.3) is 0 Å². The molecule has 1 atom stereocenters. The molecule has 1 aromatic heterocycles. The lowest BCUT2D eigenvalue weighted by molar-refractivity contribution is 0.0303. The number of hydrogen-bond donors (Lipinski definition) is 3. The zero-order valence-electron chi connectivity index (χ0n) is 14.2. The first-order chi connectivity index (χ1) is 12.6. The van der Waals surface area contributed by atoms with Crippen molar-refractivity contribution >= 4 is 17.6 Å². The maximum absolute atomic E-state index is 12.4. The van der Waals surface area contributed by atoms with Crippen molar-refractivity contribution in [3.8, 4) is 0 Å². The molecule has 3 rings (SSSR count). The summed E-state index contributed by atoms with van der Waals surface area (Å²) in [6.45, 7) is 2.29. The topological polar surface area (TPSA) is 104 Å². The summed E-state index contributed by atoms with van der Waals surface area (Å²) >= 11 is 0. The minimum atomic E-state index is -0.913. The molecule has 0 saturated carbocycles. The smallest absolute Gasteiger partial charge is 0.319 e. The van der Waals surface area contributed by atoms with Gasteiger partial charge in [-0.25, -0.2) is 4.79 Å². The van der Waals surface area contributed by atoms with Crippen LogP contribution in [0.5, 0.6) is 0 Å². The van der Waals surface area contributed by atoms with Crippen molar-refractivity contribution in [1.29, 1.82) is 0 Å². The Balaban J connectivity index is 1.48. The highest BCUT2D eigenvalue weighted by Crippen LogP contribution is 2.14. The number of ether oxygens (including phenoxy) is 1. The van der Waals surface area contributed by atoms with Crippen molar-refractivity contribution in [3.05, 3.63) is 54.0 Å². The molecule has 0 aliphatic carbocycles. The molecule has 0 spiro atoms. The minimum absolute atomic E-state index is 0.0208. The van der Waals surface area contributed by atoms with Crippen LogP contribution in [0.1, 0.15) is 22.2 Å². The number of aliphatic hydroxyl groups is 1. The van der Waals surface area contributed by atoms with Crippen LogP contribution >= 0.6 is 0 Å². The number of furan rings is 1. The monoisotopic (exact) mass is 359 g/mol. The Kier molecular flexibility index (Phi) is 5.88. The average Bonchev–Trinajstić information content (AvgIpc) is 3.22. The van der Waals surface area contributed by atoms with E-state index >= 15 is 0 Å². The Morgan fingerprint density at radius 2 is 1.88 bits per heavy atom. The molecule has 1 aliphatic rings. The summed E-state index contributed by atoms with van der Waals surface area (Å²) in [4.78, 5) is 26.0. The Labute approximate surface area is 150 Å². The van der Waals surface area contributed by atoms with Crippen molar-refractivity contribution in [3.63, 3.8) is 0 Å². The maximum atomic E-state index is 12.4. The second-order valence-electron chi connectivity index (χ2n) is 5.85. The molecular formula is C18H21N3O5. The van der Waals surface area contributed by atoms with Crippen LogP contribution in [0, 0.1) is 0 Å². The Bertz CT molecular complexity index is 724. The number of anilines is 1. The number of amides is 3. The third-order valence-corrected chi connectivity index (χ3v) is 4.02. The highest BCUT2D eigenvalue weighted by molar-refractivity contribution is 5.95. The first-order valence-corrected chi connectivity index (χ1v) is 8.37. The molecule has 2 aromatic rings. The molecule has 0 radical (unpaired) electrons. The van der Waals surface area contributed by atoms with E-state index in [1.54, 1.807) is 41.3 Å². The lowest BCUT2D eigenvalue weighted by Crippen LogP contribution is -2.40. The number of urea groups is 1. The van der Waals surface area contributed by atoms with E-state index in [0.717, 1.165) is 0 Å². The molecule has 1 aliphatic heterocycles. The van der Waals surface area contributed by atoms with Crippen molar-refractivity contribution < 1.29 is 23.8 Å². The van der Waals surface area contributed by atoms with E-state index in [-0.39, 0.29) is 12.5 Å². The van der Waals surface area contributed by atoms with Gasteiger partial charge in [0.2, 0.25) is 0 Å². The molecule has 2 heterocycles. The van der Waals surface area contributed by atoms with Crippen molar-refractivity contribution in [2.24, 2.45) is 0 Å². The molecule has 3 amide bonds. The molecule has 8 heteroatoms. The van der Waals surface area contributed by atoms with Gasteiger partial charge in [0, 0.05) is 24.3 Å². The van der Waals surface area contributed by atoms with Crippen LogP contribution in [0.3, 0.4) is 0 Å². The number of aliphatic hydroxyl groups excluding tert-OH is 1. The Morgan fingerprint density at radius 1 is 1.15 bits per heavy atom. The zero-order valence-corrected chi connectivity index (χ0v) is 14.2. The molecule has 26 heavy (non-hydrogen) atoms. The van der Waals surface area contributed by atoms with Crippen molar-refractivity contribution in [2.45, 2.75) is 6.10 Å². The van der Waals surface area contributed by atoms with Gasteiger partial charge < -0.3 is 29.8 Å². The number of morpholine rings is 1. The Morgan fingerprint density at radius 3 is 2.54 bits per heavy atom. The van der Waals surface area contributed by atoms with E-state index in [1.165, 1.54) is 6.26 Å². The summed E-state index contributed by atoms with van der Waals surface area (Å²) in [5, 5.41) is 15.1. The first kappa shape index (κ1) is 18.0. The van der Waals surface area contributed by atoms with Gasteiger partial charge in [0.15, 0.2) is 0 Å². The molecule has 0 unspecified atom stereocenters. The van der Waals surface area contributed by atoms with Crippen molar-refractivity contribution in [2.75, 3.05) is 38.2 Å². The molecule has 8 nitrogen and oxygen atoms in total. The van der Waals surface area contributed by atoms with Gasteiger partial charge in [-0.2, -0.15) is 0 Å². The van der Waals surface area contributed by atoms with Gasteiger partial charge in [-0.15, -0.1) is 0 Å². The largest absolute Gasteiger partial charge is 0.467 e. The van der Waals surface area contributed by atoms with Gasteiger partial charge in [0.1, 0.15) is 11.9 Å². The number of nitrogens with one attached hydrogen (secondary N) is 2. The van der Waals surface area contributed by atoms with Gasteiger partial charge in [0.25, 0.3) is 5.91 Å². The van der Waals surface area contributed by atoms with E-state index in [4.69, 9.17) is 9.15 Å². The molecule has 0 bridgehead atoms. The van der Waals surface area contributed by atoms with Gasteiger partial charge in [-0.05, 0) is 36.4 Å². The van der Waals surface area contributed by atoms with Crippen LogP contribution in [0.4, 0.5) is 10.5 Å². The van der Waals surface area contributed by atoms with Crippen LogP contribution in [0.15, 0.2) is 47.1 Å². The normalized spacial score (nSPS) is 15.3. The van der Waals surface area contributed by atoms with Gasteiger partial charge >= 0.3 is 6.03 Å². The quantitative estimate of drug-likeness (QED) is 0.752. The van der Waals surface area contributed by atoms with Crippen molar-refractivity contribution in [1.82, 2.24) is 10.2 Å². The third kappa shape index (κ3) is 4.62. The summed E-state index contributed by atoms with van der Waals surface area (Å²) in [6.07, 6.45) is 0.544. The molecule has 1 fully saturated rings. The van der Waals surface area contributed by atoms with Gasteiger partial charge in [0.05, 0.1) is 26.0 Å². The third-order valence-electron chi connectivity index (χ3n) is 4.02. The fourth-order valence-corrected chi connectivity index (χ4v) is 2.59. The number of carbonyl (C=O) groups is 2. The molecule has 1 aromatic carbocycles.